The summed E-state index contributed by atoms with van der Waals surface area (Å²) in [7, 11) is 0. The summed E-state index contributed by atoms with van der Waals surface area (Å²) in [5.41, 5.74) is 1.84. The average molecular weight is 247 g/mol. The summed E-state index contributed by atoms with van der Waals surface area (Å²) >= 11 is 0. The molecule has 4 heteroatoms. The van der Waals surface area contributed by atoms with E-state index in [2.05, 4.69) is 28.3 Å². The molecule has 1 saturated carbocycles. The largest absolute Gasteiger partial charge is 0.367 e. The van der Waals surface area contributed by atoms with Crippen LogP contribution in [-0.2, 0) is 16.9 Å². The molecule has 18 heavy (non-hydrogen) atoms. The first-order chi connectivity index (χ1) is 8.66. The van der Waals surface area contributed by atoms with Gasteiger partial charge in [-0.2, -0.15) is 0 Å². The Morgan fingerprint density at radius 3 is 2.94 bits per heavy atom. The number of hydrogen-bond donors (Lipinski definition) is 1. The van der Waals surface area contributed by atoms with Crippen LogP contribution in [0.2, 0.25) is 0 Å². The van der Waals surface area contributed by atoms with Crippen molar-refractivity contribution in [3.8, 4) is 0 Å². The predicted molar refractivity (Wildman–Crippen MR) is 69.2 cm³/mol. The van der Waals surface area contributed by atoms with Crippen LogP contribution in [0.15, 0.2) is 6.07 Å². The minimum absolute atomic E-state index is 0.277. The Labute approximate surface area is 108 Å². The summed E-state index contributed by atoms with van der Waals surface area (Å²) in [4.78, 5) is 9.25. The fourth-order valence-corrected chi connectivity index (χ4v) is 2.45. The standard InChI is InChI=1S/C14H21N3O/c1-10-8-12(9-15-11-4-5-11)17-13(16-10)14(2)6-3-7-18-14/h8,11,15H,3-7,9H2,1-2H3. The SMILES string of the molecule is Cc1cc(CNC2CC2)nc(C2(C)CCCO2)n1. The van der Waals surface area contributed by atoms with Crippen LogP contribution in [0.5, 0.6) is 0 Å². The highest BCUT2D eigenvalue weighted by Gasteiger charge is 2.35. The number of nitrogens with zero attached hydrogens (tertiary/aromatic N) is 2. The van der Waals surface area contributed by atoms with Gasteiger partial charge in [0.25, 0.3) is 0 Å². The number of aryl methyl sites for hydroxylation is 1. The zero-order chi connectivity index (χ0) is 12.6. The Morgan fingerprint density at radius 1 is 1.44 bits per heavy atom. The van der Waals surface area contributed by atoms with Gasteiger partial charge in [0.1, 0.15) is 5.60 Å². The normalized spacial score (nSPS) is 27.7. The van der Waals surface area contributed by atoms with Gasteiger partial charge in [0.05, 0.1) is 5.69 Å². The summed E-state index contributed by atoms with van der Waals surface area (Å²) in [6.45, 7) is 5.80. The van der Waals surface area contributed by atoms with Crippen LogP contribution in [-0.4, -0.2) is 22.6 Å². The van der Waals surface area contributed by atoms with Crippen molar-refractivity contribution in [3.05, 3.63) is 23.3 Å². The molecule has 2 aliphatic rings. The first kappa shape index (κ1) is 12.1. The molecule has 1 saturated heterocycles. The second-order valence-electron chi connectivity index (χ2n) is 5.66. The molecule has 0 bridgehead atoms. The number of ether oxygens (including phenoxy) is 1. The molecule has 98 valence electrons. The van der Waals surface area contributed by atoms with Crippen LogP contribution in [0.3, 0.4) is 0 Å². The average Bonchev–Trinajstić information content (AvgIpc) is 3.07. The van der Waals surface area contributed by atoms with Crippen molar-refractivity contribution in [1.82, 2.24) is 15.3 Å². The molecule has 2 fully saturated rings. The topological polar surface area (TPSA) is 47.0 Å². The van der Waals surface area contributed by atoms with Crippen molar-refractivity contribution >= 4 is 0 Å². The minimum atomic E-state index is -0.277. The smallest absolute Gasteiger partial charge is 0.160 e. The third-order valence-electron chi connectivity index (χ3n) is 3.75. The molecule has 0 amide bonds. The number of aromatic nitrogens is 2. The number of rotatable bonds is 4. The van der Waals surface area contributed by atoms with Crippen LogP contribution in [0, 0.1) is 6.92 Å². The molecule has 1 atom stereocenters. The van der Waals surface area contributed by atoms with Gasteiger partial charge in [0.2, 0.25) is 0 Å². The summed E-state index contributed by atoms with van der Waals surface area (Å²) in [5.74, 6) is 0.854. The molecule has 0 spiro atoms. The monoisotopic (exact) mass is 247 g/mol. The van der Waals surface area contributed by atoms with E-state index in [9.17, 15) is 0 Å². The highest BCUT2D eigenvalue weighted by Crippen LogP contribution is 2.33. The third kappa shape index (κ3) is 2.54. The maximum absolute atomic E-state index is 5.83. The lowest BCUT2D eigenvalue weighted by Gasteiger charge is -2.22. The molecule has 1 aromatic heterocycles. The maximum Gasteiger partial charge on any atom is 0.160 e. The lowest BCUT2D eigenvalue weighted by atomic mass is 10.0. The van der Waals surface area contributed by atoms with Crippen LogP contribution in [0.25, 0.3) is 0 Å². The van der Waals surface area contributed by atoms with E-state index in [1.165, 1.54) is 12.8 Å². The first-order valence-corrected chi connectivity index (χ1v) is 6.88. The Kier molecular flexibility index (Phi) is 3.08. The van der Waals surface area contributed by atoms with E-state index in [1.54, 1.807) is 0 Å². The molecule has 3 rings (SSSR count). The highest BCUT2D eigenvalue weighted by molar-refractivity contribution is 5.14. The molecule has 4 nitrogen and oxygen atoms in total. The quantitative estimate of drug-likeness (QED) is 0.884. The van der Waals surface area contributed by atoms with Gasteiger partial charge in [-0.15, -0.1) is 0 Å². The number of hydrogen-bond acceptors (Lipinski definition) is 4. The zero-order valence-corrected chi connectivity index (χ0v) is 11.2. The van der Waals surface area contributed by atoms with Crippen molar-refractivity contribution in [3.63, 3.8) is 0 Å². The van der Waals surface area contributed by atoms with Gasteiger partial charge in [-0.05, 0) is 45.6 Å². The van der Waals surface area contributed by atoms with E-state index in [-0.39, 0.29) is 5.60 Å². The number of nitrogens with one attached hydrogen (secondary N) is 1. The molecule has 1 aliphatic carbocycles. The van der Waals surface area contributed by atoms with Crippen molar-refractivity contribution in [1.29, 1.82) is 0 Å². The van der Waals surface area contributed by atoms with E-state index >= 15 is 0 Å². The Balaban J connectivity index is 1.80. The van der Waals surface area contributed by atoms with Gasteiger partial charge in [0, 0.05) is 24.9 Å². The Morgan fingerprint density at radius 2 is 2.28 bits per heavy atom. The highest BCUT2D eigenvalue weighted by atomic mass is 16.5. The van der Waals surface area contributed by atoms with Gasteiger partial charge < -0.3 is 10.1 Å². The second kappa shape index (κ2) is 4.59. The Hall–Kier alpha value is -1.00. The van der Waals surface area contributed by atoms with Crippen LogP contribution in [0.1, 0.15) is 49.8 Å². The fourth-order valence-electron chi connectivity index (χ4n) is 2.45. The maximum atomic E-state index is 5.83. The van der Waals surface area contributed by atoms with Gasteiger partial charge in [0.15, 0.2) is 5.82 Å². The first-order valence-electron chi connectivity index (χ1n) is 6.88. The summed E-state index contributed by atoms with van der Waals surface area (Å²) < 4.78 is 5.83. The van der Waals surface area contributed by atoms with Crippen molar-refractivity contribution in [2.45, 2.75) is 57.7 Å². The lowest BCUT2D eigenvalue weighted by Crippen LogP contribution is -2.25. The lowest BCUT2D eigenvalue weighted by molar-refractivity contribution is 0.00900. The van der Waals surface area contributed by atoms with E-state index in [4.69, 9.17) is 4.74 Å². The van der Waals surface area contributed by atoms with Gasteiger partial charge in [-0.25, -0.2) is 9.97 Å². The van der Waals surface area contributed by atoms with E-state index in [0.717, 1.165) is 43.2 Å². The second-order valence-corrected chi connectivity index (χ2v) is 5.66. The van der Waals surface area contributed by atoms with Gasteiger partial charge in [-0.1, -0.05) is 0 Å². The molecule has 0 aromatic carbocycles. The minimum Gasteiger partial charge on any atom is -0.367 e. The molecule has 1 aliphatic heterocycles. The van der Waals surface area contributed by atoms with E-state index in [1.807, 2.05) is 6.92 Å². The van der Waals surface area contributed by atoms with Gasteiger partial charge in [-0.3, -0.25) is 0 Å². The third-order valence-corrected chi connectivity index (χ3v) is 3.75. The van der Waals surface area contributed by atoms with E-state index in [0.29, 0.717) is 6.04 Å². The predicted octanol–water partition coefficient (Wildman–Crippen LogP) is 2.06. The molecule has 1 aromatic rings. The van der Waals surface area contributed by atoms with Crippen molar-refractivity contribution in [2.24, 2.45) is 0 Å². The molecule has 1 N–H and O–H groups in total. The van der Waals surface area contributed by atoms with E-state index < -0.39 is 0 Å². The van der Waals surface area contributed by atoms with Crippen molar-refractivity contribution < 1.29 is 4.74 Å². The van der Waals surface area contributed by atoms with Crippen LogP contribution >= 0.6 is 0 Å². The zero-order valence-electron chi connectivity index (χ0n) is 11.2. The Bertz CT molecular complexity index is 437. The van der Waals surface area contributed by atoms with Crippen molar-refractivity contribution in [2.75, 3.05) is 6.61 Å². The van der Waals surface area contributed by atoms with Crippen LogP contribution in [0.4, 0.5) is 0 Å². The molecule has 1 unspecified atom stereocenters. The summed E-state index contributed by atoms with van der Waals surface area (Å²) in [6.07, 6.45) is 4.73. The molecular formula is C14H21N3O. The fraction of sp³-hybridized carbons (Fsp3) is 0.714. The molecule has 0 radical (unpaired) electrons. The molecule has 2 heterocycles. The van der Waals surface area contributed by atoms with Gasteiger partial charge >= 0.3 is 0 Å². The summed E-state index contributed by atoms with van der Waals surface area (Å²) in [5, 5.41) is 3.50. The molecular weight excluding hydrogens is 226 g/mol. The summed E-state index contributed by atoms with van der Waals surface area (Å²) in [6, 6.07) is 2.78. The van der Waals surface area contributed by atoms with Crippen LogP contribution < -0.4 is 5.32 Å².